The zero-order chi connectivity index (χ0) is 23.8. The van der Waals surface area contributed by atoms with E-state index in [1.165, 1.54) is 0 Å². The Labute approximate surface area is 196 Å². The minimum atomic E-state index is -0.552. The Bertz CT molecular complexity index is 939. The minimum absolute atomic E-state index is 0.0219. The lowest BCUT2D eigenvalue weighted by Crippen LogP contribution is -2.43. The average molecular weight is 455 g/mol. The Morgan fingerprint density at radius 3 is 2.58 bits per heavy atom. The number of benzene rings is 2. The first-order valence-electron chi connectivity index (χ1n) is 11.4. The van der Waals surface area contributed by atoms with Crippen LogP contribution >= 0.6 is 0 Å². The second-order valence-electron chi connectivity index (χ2n) is 9.22. The van der Waals surface area contributed by atoms with Crippen molar-refractivity contribution in [2.24, 2.45) is 0 Å². The standard InChI is InChI=1S/C26H34N2O5/c1-19-16-22(31-17-20-8-6-5-7-9-20)11-12-23(19)32-18-21-10-13-24(29)28(21)15-14-27-25(30)33-26(2,3)4/h5-9,11-12,16,21H,10,13-15,17-18H2,1-4H3,(H,27,30)/t21-/m0/s1. The zero-order valence-electron chi connectivity index (χ0n) is 19.9. The van der Waals surface area contributed by atoms with Crippen LogP contribution in [-0.2, 0) is 16.1 Å². The third-order valence-corrected chi connectivity index (χ3v) is 5.30. The van der Waals surface area contributed by atoms with E-state index in [1.54, 1.807) is 4.90 Å². The highest BCUT2D eigenvalue weighted by Crippen LogP contribution is 2.26. The SMILES string of the molecule is Cc1cc(OCc2ccccc2)ccc1OC[C@@H]1CCC(=O)N1CCNC(=O)OC(C)(C)C. The van der Waals surface area contributed by atoms with Crippen molar-refractivity contribution in [3.8, 4) is 11.5 Å². The molecular weight excluding hydrogens is 420 g/mol. The molecule has 1 aliphatic heterocycles. The highest BCUT2D eigenvalue weighted by Gasteiger charge is 2.31. The minimum Gasteiger partial charge on any atom is -0.491 e. The van der Waals surface area contributed by atoms with Gasteiger partial charge in [-0.25, -0.2) is 4.79 Å². The zero-order valence-corrected chi connectivity index (χ0v) is 19.9. The van der Waals surface area contributed by atoms with Gasteiger partial charge in [-0.05, 0) is 63.4 Å². The molecular formula is C26H34N2O5. The van der Waals surface area contributed by atoms with Crippen LogP contribution in [0.1, 0.15) is 44.7 Å². The number of ether oxygens (including phenoxy) is 3. The van der Waals surface area contributed by atoms with Crippen LogP contribution in [0.2, 0.25) is 0 Å². The molecule has 3 rings (SSSR count). The quantitative estimate of drug-likeness (QED) is 0.605. The molecule has 1 atom stereocenters. The average Bonchev–Trinajstić information content (AvgIpc) is 3.10. The number of hydrogen-bond acceptors (Lipinski definition) is 5. The van der Waals surface area contributed by atoms with E-state index in [4.69, 9.17) is 14.2 Å². The summed E-state index contributed by atoms with van der Waals surface area (Å²) in [4.78, 5) is 25.9. The Kier molecular flexibility index (Phi) is 8.20. The number of amides is 2. The van der Waals surface area contributed by atoms with E-state index in [-0.39, 0.29) is 11.9 Å². The molecule has 1 heterocycles. The highest BCUT2D eigenvalue weighted by atomic mass is 16.6. The summed E-state index contributed by atoms with van der Waals surface area (Å²) in [5, 5.41) is 2.71. The number of likely N-dealkylation sites (tertiary alicyclic amines) is 1. The topological polar surface area (TPSA) is 77.1 Å². The normalized spacial score (nSPS) is 15.9. The summed E-state index contributed by atoms with van der Waals surface area (Å²) in [5.74, 6) is 1.64. The molecule has 178 valence electrons. The van der Waals surface area contributed by atoms with Gasteiger partial charge in [0.15, 0.2) is 0 Å². The predicted octanol–water partition coefficient (Wildman–Crippen LogP) is 4.47. The smallest absolute Gasteiger partial charge is 0.407 e. The van der Waals surface area contributed by atoms with Gasteiger partial charge in [-0.2, -0.15) is 0 Å². The largest absolute Gasteiger partial charge is 0.491 e. The van der Waals surface area contributed by atoms with Gasteiger partial charge in [0, 0.05) is 19.5 Å². The summed E-state index contributed by atoms with van der Waals surface area (Å²) in [6.07, 6.45) is 0.751. The van der Waals surface area contributed by atoms with Crippen LogP contribution in [-0.4, -0.2) is 48.2 Å². The summed E-state index contributed by atoms with van der Waals surface area (Å²) >= 11 is 0. The third kappa shape index (κ3) is 7.70. The number of aryl methyl sites for hydroxylation is 1. The molecule has 0 saturated carbocycles. The summed E-state index contributed by atoms with van der Waals surface area (Å²) in [6.45, 7) is 9.10. The second-order valence-corrected chi connectivity index (χ2v) is 9.22. The van der Waals surface area contributed by atoms with Crippen molar-refractivity contribution < 1.29 is 23.8 Å². The summed E-state index contributed by atoms with van der Waals surface area (Å²) in [7, 11) is 0. The first kappa shape index (κ1) is 24.4. The summed E-state index contributed by atoms with van der Waals surface area (Å²) < 4.78 is 17.2. The molecule has 1 saturated heterocycles. The van der Waals surface area contributed by atoms with E-state index in [0.29, 0.717) is 32.7 Å². The molecule has 0 aromatic heterocycles. The maximum absolute atomic E-state index is 12.3. The molecule has 0 unspecified atom stereocenters. The van der Waals surface area contributed by atoms with Crippen molar-refractivity contribution in [2.75, 3.05) is 19.7 Å². The number of nitrogens with one attached hydrogen (secondary N) is 1. The van der Waals surface area contributed by atoms with Crippen LogP contribution < -0.4 is 14.8 Å². The molecule has 0 spiro atoms. The van der Waals surface area contributed by atoms with Crippen LogP contribution in [0, 0.1) is 6.92 Å². The van der Waals surface area contributed by atoms with Gasteiger partial charge in [-0.3, -0.25) is 4.79 Å². The van der Waals surface area contributed by atoms with Gasteiger partial charge in [0.05, 0.1) is 6.04 Å². The molecule has 1 fully saturated rings. The van der Waals surface area contributed by atoms with Crippen LogP contribution in [0.15, 0.2) is 48.5 Å². The molecule has 7 heteroatoms. The first-order chi connectivity index (χ1) is 15.7. The number of alkyl carbamates (subject to hydrolysis) is 1. The van der Waals surface area contributed by atoms with Crippen LogP contribution in [0.5, 0.6) is 11.5 Å². The van der Waals surface area contributed by atoms with E-state index in [2.05, 4.69) is 5.32 Å². The predicted molar refractivity (Wildman–Crippen MR) is 126 cm³/mol. The number of nitrogens with zero attached hydrogens (tertiary/aromatic N) is 1. The second kappa shape index (κ2) is 11.1. The fourth-order valence-electron chi connectivity index (χ4n) is 3.67. The van der Waals surface area contributed by atoms with Crippen molar-refractivity contribution >= 4 is 12.0 Å². The van der Waals surface area contributed by atoms with E-state index in [1.807, 2.05) is 76.2 Å². The molecule has 7 nitrogen and oxygen atoms in total. The molecule has 33 heavy (non-hydrogen) atoms. The number of hydrogen-bond donors (Lipinski definition) is 1. The number of carbonyl (C=O) groups is 2. The lowest BCUT2D eigenvalue weighted by atomic mass is 10.2. The summed E-state index contributed by atoms with van der Waals surface area (Å²) in [5.41, 5.74) is 1.54. The molecule has 0 bridgehead atoms. The van der Waals surface area contributed by atoms with Crippen molar-refractivity contribution in [3.05, 3.63) is 59.7 Å². The number of rotatable bonds is 9. The monoisotopic (exact) mass is 454 g/mol. The third-order valence-electron chi connectivity index (χ3n) is 5.30. The maximum atomic E-state index is 12.3. The first-order valence-corrected chi connectivity index (χ1v) is 11.4. The lowest BCUT2D eigenvalue weighted by Gasteiger charge is -2.26. The lowest BCUT2D eigenvalue weighted by molar-refractivity contribution is -0.129. The molecule has 1 aliphatic rings. The Balaban J connectivity index is 1.47. The fourth-order valence-corrected chi connectivity index (χ4v) is 3.67. The van der Waals surface area contributed by atoms with E-state index in [9.17, 15) is 9.59 Å². The van der Waals surface area contributed by atoms with Crippen molar-refractivity contribution in [1.29, 1.82) is 0 Å². The van der Waals surface area contributed by atoms with Gasteiger partial charge in [0.25, 0.3) is 0 Å². The van der Waals surface area contributed by atoms with Crippen LogP contribution in [0.3, 0.4) is 0 Å². The van der Waals surface area contributed by atoms with Crippen LogP contribution in [0.4, 0.5) is 4.79 Å². The van der Waals surface area contributed by atoms with E-state index < -0.39 is 11.7 Å². The maximum Gasteiger partial charge on any atom is 0.407 e. The fraction of sp³-hybridized carbons (Fsp3) is 0.462. The highest BCUT2D eigenvalue weighted by molar-refractivity contribution is 5.78. The Hall–Kier alpha value is -3.22. The van der Waals surface area contributed by atoms with E-state index >= 15 is 0 Å². The van der Waals surface area contributed by atoms with Crippen molar-refractivity contribution in [1.82, 2.24) is 10.2 Å². The van der Waals surface area contributed by atoms with Gasteiger partial charge in [-0.1, -0.05) is 30.3 Å². The Morgan fingerprint density at radius 2 is 1.88 bits per heavy atom. The van der Waals surface area contributed by atoms with Gasteiger partial charge in [0.1, 0.15) is 30.3 Å². The van der Waals surface area contributed by atoms with Gasteiger partial charge in [0.2, 0.25) is 5.91 Å². The molecule has 2 aromatic carbocycles. The van der Waals surface area contributed by atoms with Gasteiger partial charge < -0.3 is 24.4 Å². The van der Waals surface area contributed by atoms with E-state index in [0.717, 1.165) is 29.0 Å². The van der Waals surface area contributed by atoms with Gasteiger partial charge in [-0.15, -0.1) is 0 Å². The molecule has 0 aliphatic carbocycles. The molecule has 0 radical (unpaired) electrons. The number of carbonyl (C=O) groups excluding carboxylic acids is 2. The van der Waals surface area contributed by atoms with Gasteiger partial charge >= 0.3 is 6.09 Å². The summed E-state index contributed by atoms with van der Waals surface area (Å²) in [6, 6.07) is 15.8. The van der Waals surface area contributed by atoms with Crippen molar-refractivity contribution in [2.45, 2.75) is 58.8 Å². The molecule has 1 N–H and O–H groups in total. The molecule has 2 aromatic rings. The Morgan fingerprint density at radius 1 is 1.12 bits per heavy atom. The van der Waals surface area contributed by atoms with Crippen LogP contribution in [0.25, 0.3) is 0 Å². The molecule has 2 amide bonds. The van der Waals surface area contributed by atoms with Crippen molar-refractivity contribution in [3.63, 3.8) is 0 Å².